The maximum atomic E-state index is 12.4. The highest BCUT2D eigenvalue weighted by atomic mass is 16.2. The summed E-state index contributed by atoms with van der Waals surface area (Å²) in [7, 11) is 4.12. The molecule has 1 unspecified atom stereocenters. The van der Waals surface area contributed by atoms with E-state index < -0.39 is 0 Å². The van der Waals surface area contributed by atoms with Crippen molar-refractivity contribution >= 4 is 11.6 Å². The average molecular weight is 250 g/mol. The van der Waals surface area contributed by atoms with Gasteiger partial charge in [0.1, 0.15) is 5.69 Å². The van der Waals surface area contributed by atoms with E-state index >= 15 is 0 Å². The van der Waals surface area contributed by atoms with Crippen LogP contribution in [0.15, 0.2) is 12.3 Å². The zero-order valence-corrected chi connectivity index (χ0v) is 11.4. The van der Waals surface area contributed by atoms with Gasteiger partial charge in [-0.25, -0.2) is 0 Å². The minimum Gasteiger partial charge on any atom is -0.397 e. The number of amides is 1. The number of hydrogen-bond acceptors (Lipinski definition) is 3. The number of likely N-dealkylation sites (N-methyl/N-ethyl adjacent to an activating group) is 1. The van der Waals surface area contributed by atoms with Gasteiger partial charge >= 0.3 is 0 Å². The average Bonchev–Trinajstić information content (AvgIpc) is 2.94. The number of likely N-dealkylation sites (tertiary alicyclic amines) is 1. The van der Waals surface area contributed by atoms with Gasteiger partial charge in [-0.2, -0.15) is 0 Å². The molecule has 0 spiro atoms. The van der Waals surface area contributed by atoms with Crippen LogP contribution in [0.25, 0.3) is 0 Å². The van der Waals surface area contributed by atoms with Crippen molar-refractivity contribution in [1.29, 1.82) is 0 Å². The van der Waals surface area contributed by atoms with Crippen LogP contribution >= 0.6 is 0 Å². The minimum absolute atomic E-state index is 0.0953. The molecule has 1 aliphatic rings. The van der Waals surface area contributed by atoms with Gasteiger partial charge in [0.15, 0.2) is 0 Å². The highest BCUT2D eigenvalue weighted by molar-refractivity contribution is 5.94. The molecule has 100 valence electrons. The Hall–Kier alpha value is -1.49. The van der Waals surface area contributed by atoms with E-state index in [1.54, 1.807) is 6.07 Å². The van der Waals surface area contributed by atoms with E-state index in [1.165, 1.54) is 0 Å². The summed E-state index contributed by atoms with van der Waals surface area (Å²) in [4.78, 5) is 16.5. The number of carbonyl (C=O) groups excluding carboxylic acids is 1. The smallest absolute Gasteiger partial charge is 0.270 e. The van der Waals surface area contributed by atoms with Crippen LogP contribution < -0.4 is 5.73 Å². The quantitative estimate of drug-likeness (QED) is 0.866. The van der Waals surface area contributed by atoms with Gasteiger partial charge in [-0.3, -0.25) is 4.79 Å². The van der Waals surface area contributed by atoms with E-state index in [2.05, 4.69) is 19.0 Å². The summed E-state index contributed by atoms with van der Waals surface area (Å²) in [6, 6.07) is 2.24. The Labute approximate surface area is 108 Å². The molecule has 2 rings (SSSR count). The number of nitrogens with two attached hydrogens (primary N) is 1. The summed E-state index contributed by atoms with van der Waals surface area (Å²) >= 11 is 0. The van der Waals surface area contributed by atoms with Crippen LogP contribution in [0.5, 0.6) is 0 Å². The molecule has 5 nitrogen and oxygen atoms in total. The van der Waals surface area contributed by atoms with Crippen LogP contribution in [0, 0.1) is 0 Å². The molecule has 1 aromatic rings. The van der Waals surface area contributed by atoms with Crippen molar-refractivity contribution < 1.29 is 4.79 Å². The Morgan fingerprint density at radius 3 is 2.83 bits per heavy atom. The Bertz CT molecular complexity index is 438. The summed E-state index contributed by atoms with van der Waals surface area (Å²) in [5, 5.41) is 0. The normalized spacial score (nSPS) is 19.8. The van der Waals surface area contributed by atoms with E-state index in [1.807, 2.05) is 22.6 Å². The molecule has 18 heavy (non-hydrogen) atoms. The molecule has 1 amide bonds. The van der Waals surface area contributed by atoms with Gasteiger partial charge in [0.2, 0.25) is 0 Å². The Morgan fingerprint density at radius 2 is 2.28 bits per heavy atom. The summed E-state index contributed by atoms with van der Waals surface area (Å²) in [5.41, 5.74) is 7.13. The minimum atomic E-state index is 0.0953. The zero-order chi connectivity index (χ0) is 13.3. The number of carbonyl (C=O) groups is 1. The van der Waals surface area contributed by atoms with Gasteiger partial charge in [0, 0.05) is 31.9 Å². The maximum absolute atomic E-state index is 12.4. The molecule has 0 aromatic carbocycles. The fraction of sp³-hybridized carbons (Fsp3) is 0.615. The predicted molar refractivity (Wildman–Crippen MR) is 72.5 cm³/mol. The SMILES string of the molecule is CCn1cc(N)cc1C(=O)N1CCC(N(C)C)C1. The lowest BCUT2D eigenvalue weighted by Gasteiger charge is -2.20. The van der Waals surface area contributed by atoms with E-state index in [9.17, 15) is 4.79 Å². The second kappa shape index (κ2) is 5.02. The molecule has 2 heterocycles. The van der Waals surface area contributed by atoms with Gasteiger partial charge in [0.05, 0.1) is 5.69 Å². The number of nitrogens with zero attached hydrogens (tertiary/aromatic N) is 3. The molecule has 1 aliphatic heterocycles. The Balaban J connectivity index is 2.12. The van der Waals surface area contributed by atoms with E-state index in [-0.39, 0.29) is 5.91 Å². The molecule has 1 fully saturated rings. The fourth-order valence-corrected chi connectivity index (χ4v) is 2.48. The molecule has 0 saturated carbocycles. The molecular weight excluding hydrogens is 228 g/mol. The summed E-state index contributed by atoms with van der Waals surface area (Å²) in [5.74, 6) is 0.0953. The Morgan fingerprint density at radius 1 is 1.56 bits per heavy atom. The molecule has 0 radical (unpaired) electrons. The first kappa shape index (κ1) is 13.0. The van der Waals surface area contributed by atoms with Crippen molar-refractivity contribution in [3.8, 4) is 0 Å². The number of nitrogen functional groups attached to an aromatic ring is 1. The van der Waals surface area contributed by atoms with Crippen molar-refractivity contribution in [1.82, 2.24) is 14.4 Å². The third kappa shape index (κ3) is 2.36. The predicted octanol–water partition coefficient (Wildman–Crippen LogP) is 0.866. The summed E-state index contributed by atoms with van der Waals surface area (Å²) < 4.78 is 1.92. The van der Waals surface area contributed by atoms with E-state index in [0.717, 1.165) is 26.1 Å². The number of anilines is 1. The van der Waals surface area contributed by atoms with Crippen LogP contribution in [0.1, 0.15) is 23.8 Å². The van der Waals surface area contributed by atoms with Crippen molar-refractivity contribution in [3.05, 3.63) is 18.0 Å². The lowest BCUT2D eigenvalue weighted by molar-refractivity contribution is 0.0772. The second-order valence-corrected chi connectivity index (χ2v) is 5.10. The van der Waals surface area contributed by atoms with Gasteiger partial charge < -0.3 is 20.1 Å². The van der Waals surface area contributed by atoms with E-state index in [0.29, 0.717) is 17.4 Å². The lowest BCUT2D eigenvalue weighted by Crippen LogP contribution is -2.35. The van der Waals surface area contributed by atoms with Crippen molar-refractivity contribution in [2.75, 3.05) is 32.9 Å². The molecule has 0 aliphatic carbocycles. The number of aryl methyl sites for hydroxylation is 1. The fourth-order valence-electron chi connectivity index (χ4n) is 2.48. The van der Waals surface area contributed by atoms with Gasteiger partial charge in [0.25, 0.3) is 5.91 Å². The number of aromatic nitrogens is 1. The molecule has 1 aromatic heterocycles. The third-order valence-corrected chi connectivity index (χ3v) is 3.66. The molecule has 0 bridgehead atoms. The Kier molecular flexibility index (Phi) is 3.61. The zero-order valence-electron chi connectivity index (χ0n) is 11.4. The first-order valence-corrected chi connectivity index (χ1v) is 6.44. The number of hydrogen-bond donors (Lipinski definition) is 1. The second-order valence-electron chi connectivity index (χ2n) is 5.10. The van der Waals surface area contributed by atoms with Gasteiger partial charge in [-0.1, -0.05) is 0 Å². The van der Waals surface area contributed by atoms with Crippen molar-refractivity contribution in [3.63, 3.8) is 0 Å². The van der Waals surface area contributed by atoms with Crippen LogP contribution in [0.2, 0.25) is 0 Å². The lowest BCUT2D eigenvalue weighted by atomic mass is 10.2. The molecule has 1 atom stereocenters. The van der Waals surface area contributed by atoms with Crippen molar-refractivity contribution in [2.45, 2.75) is 25.9 Å². The monoisotopic (exact) mass is 250 g/mol. The highest BCUT2D eigenvalue weighted by Gasteiger charge is 2.29. The molecular formula is C13H22N4O. The standard InChI is InChI=1S/C13H22N4O/c1-4-16-8-10(14)7-12(16)13(18)17-6-5-11(9-17)15(2)3/h7-8,11H,4-6,9,14H2,1-3H3. The van der Waals surface area contributed by atoms with Crippen LogP contribution in [-0.2, 0) is 6.54 Å². The van der Waals surface area contributed by atoms with Gasteiger partial charge in [-0.15, -0.1) is 0 Å². The molecule has 5 heteroatoms. The topological polar surface area (TPSA) is 54.5 Å². The van der Waals surface area contributed by atoms with Crippen LogP contribution in [0.3, 0.4) is 0 Å². The molecule has 1 saturated heterocycles. The van der Waals surface area contributed by atoms with Gasteiger partial charge in [-0.05, 0) is 33.5 Å². The maximum Gasteiger partial charge on any atom is 0.270 e. The first-order valence-electron chi connectivity index (χ1n) is 6.44. The molecule has 2 N–H and O–H groups in total. The highest BCUT2D eigenvalue weighted by Crippen LogP contribution is 2.18. The van der Waals surface area contributed by atoms with Crippen LogP contribution in [0.4, 0.5) is 5.69 Å². The number of rotatable bonds is 3. The van der Waals surface area contributed by atoms with Crippen LogP contribution in [-0.4, -0.2) is 53.5 Å². The van der Waals surface area contributed by atoms with E-state index in [4.69, 9.17) is 5.73 Å². The largest absolute Gasteiger partial charge is 0.397 e. The first-order chi connectivity index (χ1) is 8.52. The summed E-state index contributed by atoms with van der Waals surface area (Å²) in [6.07, 6.45) is 2.87. The third-order valence-electron chi connectivity index (χ3n) is 3.66. The van der Waals surface area contributed by atoms with Crippen molar-refractivity contribution in [2.24, 2.45) is 0 Å². The summed E-state index contributed by atoms with van der Waals surface area (Å²) in [6.45, 7) is 4.42.